The van der Waals surface area contributed by atoms with Gasteiger partial charge in [0.1, 0.15) is 11.3 Å². The van der Waals surface area contributed by atoms with Gasteiger partial charge in [-0.1, -0.05) is 11.6 Å². The molecule has 0 saturated carbocycles. The number of halogens is 1. The zero-order valence-electron chi connectivity index (χ0n) is 10.3. The molecule has 3 rings (SSSR count). The summed E-state index contributed by atoms with van der Waals surface area (Å²) >= 11 is 6.26. The zero-order chi connectivity index (χ0) is 13.4. The minimum Gasteiger partial charge on any atom is -0.494 e. The molecule has 0 bridgehead atoms. The van der Waals surface area contributed by atoms with E-state index in [0.29, 0.717) is 40.6 Å². The lowest BCUT2D eigenvalue weighted by atomic mass is 10.1. The molecule has 0 radical (unpaired) electrons. The van der Waals surface area contributed by atoms with Crippen LogP contribution in [0.15, 0.2) is 18.3 Å². The molecule has 1 aromatic carbocycles. The molecule has 0 fully saturated rings. The Morgan fingerprint density at radius 3 is 2.89 bits per heavy atom. The van der Waals surface area contributed by atoms with Crippen molar-refractivity contribution in [1.82, 2.24) is 10.3 Å². The first kappa shape index (κ1) is 12.0. The first-order valence-electron chi connectivity index (χ1n) is 5.89. The smallest absolute Gasteiger partial charge is 0.255 e. The van der Waals surface area contributed by atoms with Gasteiger partial charge in [-0.3, -0.25) is 9.78 Å². The zero-order valence-corrected chi connectivity index (χ0v) is 11.0. The first-order valence-corrected chi connectivity index (χ1v) is 6.27. The van der Waals surface area contributed by atoms with E-state index in [9.17, 15) is 4.79 Å². The Bertz CT molecular complexity index is 672. The van der Waals surface area contributed by atoms with Crippen molar-refractivity contribution in [2.75, 3.05) is 25.5 Å². The van der Waals surface area contributed by atoms with Crippen LogP contribution in [0.4, 0.5) is 5.69 Å². The number of nitrogens with zero attached hydrogens (tertiary/aromatic N) is 1. The summed E-state index contributed by atoms with van der Waals surface area (Å²) in [6, 6.07) is 3.51. The second kappa shape index (κ2) is 4.59. The van der Waals surface area contributed by atoms with E-state index in [-0.39, 0.29) is 5.91 Å². The topological polar surface area (TPSA) is 63.2 Å². The SMILES string of the molecule is COc1ccc(Cl)c2c3c(cnc12)C(=O)NCCN3. The van der Waals surface area contributed by atoms with Crippen LogP contribution in [0, 0.1) is 0 Å². The molecule has 6 heteroatoms. The third kappa shape index (κ3) is 1.86. The lowest BCUT2D eigenvalue weighted by Gasteiger charge is -2.13. The van der Waals surface area contributed by atoms with Crippen LogP contribution in [-0.2, 0) is 0 Å². The van der Waals surface area contributed by atoms with Crippen LogP contribution in [-0.4, -0.2) is 31.1 Å². The third-order valence-corrected chi connectivity index (χ3v) is 3.42. The first-order chi connectivity index (χ1) is 9.22. The number of methoxy groups -OCH3 is 1. The highest BCUT2D eigenvalue weighted by Gasteiger charge is 2.20. The van der Waals surface area contributed by atoms with Crippen molar-refractivity contribution < 1.29 is 9.53 Å². The molecule has 1 aromatic heterocycles. The molecule has 2 heterocycles. The predicted molar refractivity (Wildman–Crippen MR) is 74.1 cm³/mol. The van der Waals surface area contributed by atoms with Gasteiger partial charge in [-0.05, 0) is 12.1 Å². The van der Waals surface area contributed by atoms with Gasteiger partial charge in [0.25, 0.3) is 5.91 Å². The van der Waals surface area contributed by atoms with Crippen LogP contribution in [0.25, 0.3) is 10.9 Å². The van der Waals surface area contributed by atoms with Crippen molar-refractivity contribution in [3.05, 3.63) is 28.9 Å². The van der Waals surface area contributed by atoms with E-state index >= 15 is 0 Å². The van der Waals surface area contributed by atoms with E-state index in [4.69, 9.17) is 16.3 Å². The molecule has 0 aliphatic carbocycles. The van der Waals surface area contributed by atoms with Gasteiger partial charge in [0.15, 0.2) is 0 Å². The van der Waals surface area contributed by atoms with Crippen molar-refractivity contribution >= 4 is 34.1 Å². The number of hydrogen-bond donors (Lipinski definition) is 2. The molecule has 98 valence electrons. The van der Waals surface area contributed by atoms with Gasteiger partial charge < -0.3 is 15.4 Å². The number of anilines is 1. The van der Waals surface area contributed by atoms with Gasteiger partial charge >= 0.3 is 0 Å². The third-order valence-electron chi connectivity index (χ3n) is 3.11. The number of benzene rings is 1. The van der Waals surface area contributed by atoms with E-state index in [1.807, 2.05) is 0 Å². The van der Waals surface area contributed by atoms with Gasteiger partial charge in [0, 0.05) is 24.7 Å². The second-order valence-electron chi connectivity index (χ2n) is 4.20. The quantitative estimate of drug-likeness (QED) is 0.837. The highest BCUT2D eigenvalue weighted by atomic mass is 35.5. The summed E-state index contributed by atoms with van der Waals surface area (Å²) in [7, 11) is 1.58. The van der Waals surface area contributed by atoms with Crippen LogP contribution in [0.5, 0.6) is 5.75 Å². The average molecular weight is 278 g/mol. The molecule has 1 aliphatic heterocycles. The highest BCUT2D eigenvalue weighted by molar-refractivity contribution is 6.37. The van der Waals surface area contributed by atoms with Crippen LogP contribution in [0.1, 0.15) is 10.4 Å². The molecule has 5 nitrogen and oxygen atoms in total. The molecule has 0 atom stereocenters. The number of pyridine rings is 1. The van der Waals surface area contributed by atoms with Gasteiger partial charge in [0.2, 0.25) is 0 Å². The minimum absolute atomic E-state index is 0.145. The molecule has 1 amide bonds. The number of rotatable bonds is 1. The number of aromatic nitrogens is 1. The number of carbonyl (C=O) groups is 1. The molecule has 0 saturated heterocycles. The number of hydrogen-bond acceptors (Lipinski definition) is 4. The number of fused-ring (bicyclic) bond motifs is 3. The van der Waals surface area contributed by atoms with Crippen molar-refractivity contribution in [3.63, 3.8) is 0 Å². The number of nitrogens with one attached hydrogen (secondary N) is 2. The van der Waals surface area contributed by atoms with Crippen molar-refractivity contribution in [2.45, 2.75) is 0 Å². The molecular formula is C13H12ClN3O2. The summed E-state index contributed by atoms with van der Waals surface area (Å²) in [4.78, 5) is 16.3. The normalized spacial score (nSPS) is 14.3. The monoisotopic (exact) mass is 277 g/mol. The predicted octanol–water partition coefficient (Wildman–Crippen LogP) is 2.05. The summed E-state index contributed by atoms with van der Waals surface area (Å²) < 4.78 is 5.28. The number of carbonyl (C=O) groups excluding carboxylic acids is 1. The Labute approximate surface area is 114 Å². The van der Waals surface area contributed by atoms with E-state index in [1.165, 1.54) is 0 Å². The second-order valence-corrected chi connectivity index (χ2v) is 4.61. The fourth-order valence-electron chi connectivity index (χ4n) is 2.22. The fourth-order valence-corrected chi connectivity index (χ4v) is 2.47. The van der Waals surface area contributed by atoms with E-state index < -0.39 is 0 Å². The Morgan fingerprint density at radius 2 is 2.11 bits per heavy atom. The Hall–Kier alpha value is -2.01. The van der Waals surface area contributed by atoms with Crippen molar-refractivity contribution in [3.8, 4) is 5.75 Å². The maximum atomic E-state index is 11.9. The summed E-state index contributed by atoms with van der Waals surface area (Å²) in [5, 5.41) is 7.29. The highest BCUT2D eigenvalue weighted by Crippen LogP contribution is 2.37. The number of amides is 1. The Kier molecular flexibility index (Phi) is 2.91. The lowest BCUT2D eigenvalue weighted by molar-refractivity contribution is 0.0958. The summed E-state index contributed by atoms with van der Waals surface area (Å²) in [5.41, 5.74) is 1.86. The average Bonchev–Trinajstić information content (AvgIpc) is 2.61. The van der Waals surface area contributed by atoms with Crippen LogP contribution >= 0.6 is 11.6 Å². The summed E-state index contributed by atoms with van der Waals surface area (Å²) in [6.45, 7) is 1.21. The fraction of sp³-hybridized carbons (Fsp3) is 0.231. The summed E-state index contributed by atoms with van der Waals surface area (Å²) in [5.74, 6) is 0.488. The van der Waals surface area contributed by atoms with Gasteiger partial charge in [0.05, 0.1) is 23.4 Å². The lowest BCUT2D eigenvalue weighted by Crippen LogP contribution is -2.24. The maximum Gasteiger partial charge on any atom is 0.255 e. The molecule has 19 heavy (non-hydrogen) atoms. The Morgan fingerprint density at radius 1 is 1.32 bits per heavy atom. The van der Waals surface area contributed by atoms with Gasteiger partial charge in [-0.15, -0.1) is 0 Å². The van der Waals surface area contributed by atoms with Crippen molar-refractivity contribution in [1.29, 1.82) is 0 Å². The largest absolute Gasteiger partial charge is 0.494 e. The van der Waals surface area contributed by atoms with Crippen molar-refractivity contribution in [2.24, 2.45) is 0 Å². The van der Waals surface area contributed by atoms with Crippen LogP contribution in [0.2, 0.25) is 5.02 Å². The van der Waals surface area contributed by atoms with Crippen LogP contribution < -0.4 is 15.4 Å². The standard InChI is InChI=1S/C13H12ClN3O2/c1-19-9-3-2-8(14)10-11-7(6-17-12(9)10)13(18)16-5-4-15-11/h2-3,6,15H,4-5H2,1H3,(H,16,18). The molecule has 0 unspecified atom stereocenters. The van der Waals surface area contributed by atoms with E-state index in [0.717, 1.165) is 5.39 Å². The van der Waals surface area contributed by atoms with E-state index in [2.05, 4.69) is 15.6 Å². The van der Waals surface area contributed by atoms with Crippen LogP contribution in [0.3, 0.4) is 0 Å². The Balaban J connectivity index is 2.38. The number of ether oxygens (including phenoxy) is 1. The summed E-state index contributed by atoms with van der Waals surface area (Å²) in [6.07, 6.45) is 1.55. The molecular weight excluding hydrogens is 266 g/mol. The maximum absolute atomic E-state index is 11.9. The van der Waals surface area contributed by atoms with Gasteiger partial charge in [-0.2, -0.15) is 0 Å². The minimum atomic E-state index is -0.145. The van der Waals surface area contributed by atoms with Gasteiger partial charge in [-0.25, -0.2) is 0 Å². The molecule has 2 aromatic rings. The van der Waals surface area contributed by atoms with E-state index in [1.54, 1.807) is 25.4 Å². The molecule has 2 N–H and O–H groups in total. The molecule has 0 spiro atoms. The molecule has 1 aliphatic rings.